The van der Waals surface area contributed by atoms with Gasteiger partial charge in [0.05, 0.1) is 12.8 Å². The van der Waals surface area contributed by atoms with E-state index in [1.54, 1.807) is 6.92 Å². The third-order valence-electron chi connectivity index (χ3n) is 3.76. The van der Waals surface area contributed by atoms with Gasteiger partial charge >= 0.3 is 0 Å². The van der Waals surface area contributed by atoms with Gasteiger partial charge in [0, 0.05) is 10.6 Å². The van der Waals surface area contributed by atoms with Crippen LogP contribution in [0.15, 0.2) is 60.7 Å². The van der Waals surface area contributed by atoms with E-state index >= 15 is 0 Å². The lowest BCUT2D eigenvalue weighted by atomic mass is 10.2. The minimum Gasteiger partial charge on any atom is -0.313 e. The van der Waals surface area contributed by atoms with Gasteiger partial charge in [-0.3, -0.25) is 4.79 Å². The molecule has 0 saturated heterocycles. The van der Waals surface area contributed by atoms with E-state index in [0.29, 0.717) is 16.6 Å². The molecule has 8 heteroatoms. The number of thiazole rings is 1. The van der Waals surface area contributed by atoms with Crippen LogP contribution in [0.1, 0.15) is 20.9 Å². The lowest BCUT2D eigenvalue weighted by Gasteiger charge is -2.22. The van der Waals surface area contributed by atoms with E-state index in [4.69, 9.17) is 0 Å². The lowest BCUT2D eigenvalue weighted by Crippen LogP contribution is -2.30. The minimum atomic E-state index is -3.65. The highest BCUT2D eigenvalue weighted by molar-refractivity contribution is 7.89. The smallest absolute Gasteiger partial charge is 0.284 e. The molecule has 140 valence electrons. The number of nitrogens with zero attached hydrogens (tertiary/aromatic N) is 2. The molecule has 0 saturated carbocycles. The predicted octanol–water partition coefficient (Wildman–Crippen LogP) is 3.48. The molecule has 0 aliphatic heterocycles. The topological polar surface area (TPSA) is 79.4 Å². The highest BCUT2D eigenvalue weighted by Gasteiger charge is 2.22. The van der Waals surface area contributed by atoms with Crippen LogP contribution in [0.4, 0.5) is 10.8 Å². The molecule has 3 aromatic rings. The van der Waals surface area contributed by atoms with Crippen molar-refractivity contribution in [2.24, 2.45) is 0 Å². The van der Waals surface area contributed by atoms with Crippen molar-refractivity contribution < 1.29 is 13.2 Å². The van der Waals surface area contributed by atoms with E-state index in [-0.39, 0.29) is 5.69 Å². The number of sulfonamides is 1. The average Bonchev–Trinajstić information content (AvgIpc) is 3.01. The van der Waals surface area contributed by atoms with Crippen molar-refractivity contribution in [3.63, 3.8) is 0 Å². The van der Waals surface area contributed by atoms with Crippen molar-refractivity contribution in [2.45, 2.75) is 13.5 Å². The quantitative estimate of drug-likeness (QED) is 0.684. The first-order valence-electron chi connectivity index (χ1n) is 8.19. The Kier molecular flexibility index (Phi) is 5.57. The maximum atomic E-state index is 12.2. The third-order valence-corrected chi connectivity index (χ3v) is 5.31. The molecule has 0 aliphatic carbocycles. The van der Waals surface area contributed by atoms with E-state index in [1.807, 2.05) is 70.3 Å². The summed E-state index contributed by atoms with van der Waals surface area (Å²) in [6, 6.07) is 19.7. The minimum absolute atomic E-state index is 0.120. The first-order valence-corrected chi connectivity index (χ1v) is 10.9. The number of aromatic nitrogens is 1. The Morgan fingerprint density at radius 3 is 2.26 bits per heavy atom. The number of hydrogen-bond acceptors (Lipinski definition) is 6. The fourth-order valence-corrected chi connectivity index (χ4v) is 3.93. The third kappa shape index (κ3) is 4.93. The number of rotatable bonds is 6. The molecule has 0 spiro atoms. The predicted molar refractivity (Wildman–Crippen MR) is 108 cm³/mol. The van der Waals surface area contributed by atoms with Crippen molar-refractivity contribution in [1.82, 2.24) is 9.71 Å². The maximum Gasteiger partial charge on any atom is 0.284 e. The van der Waals surface area contributed by atoms with E-state index in [0.717, 1.165) is 17.5 Å². The van der Waals surface area contributed by atoms with Crippen molar-refractivity contribution in [2.75, 3.05) is 11.2 Å². The van der Waals surface area contributed by atoms with Crippen molar-refractivity contribution >= 4 is 38.1 Å². The zero-order valence-electron chi connectivity index (χ0n) is 14.9. The SMILES string of the molecule is Cc1sc(N(Cc2ccccc2)c2ccccc2)nc1C(=O)NS(C)(=O)=O. The van der Waals surface area contributed by atoms with Gasteiger partial charge in [0.25, 0.3) is 5.91 Å². The molecule has 1 heterocycles. The summed E-state index contributed by atoms with van der Waals surface area (Å²) in [5.41, 5.74) is 2.15. The first kappa shape index (κ1) is 19.1. The van der Waals surface area contributed by atoms with Crippen LogP contribution in [0.5, 0.6) is 0 Å². The Bertz CT molecular complexity index is 1030. The zero-order valence-corrected chi connectivity index (χ0v) is 16.5. The van der Waals surface area contributed by atoms with Crippen molar-refractivity contribution in [3.05, 3.63) is 76.8 Å². The van der Waals surface area contributed by atoms with E-state index in [1.165, 1.54) is 11.3 Å². The van der Waals surface area contributed by atoms with Gasteiger partial charge in [0.15, 0.2) is 5.13 Å². The Hall–Kier alpha value is -2.71. The standard InChI is InChI=1S/C19H19N3O3S2/c1-14-17(18(23)21-27(2,24)25)20-19(26-14)22(16-11-7-4-8-12-16)13-15-9-5-3-6-10-15/h3-12H,13H2,1-2H3,(H,21,23). The van der Waals surface area contributed by atoms with E-state index in [9.17, 15) is 13.2 Å². The van der Waals surface area contributed by atoms with Crippen LogP contribution in [0.2, 0.25) is 0 Å². The molecular weight excluding hydrogens is 382 g/mol. The molecule has 0 aliphatic rings. The second-order valence-corrected chi connectivity index (χ2v) is 8.94. The summed E-state index contributed by atoms with van der Waals surface area (Å²) in [7, 11) is -3.65. The Morgan fingerprint density at radius 1 is 1.07 bits per heavy atom. The van der Waals surface area contributed by atoms with E-state index in [2.05, 4.69) is 4.98 Å². The van der Waals surface area contributed by atoms with Crippen molar-refractivity contribution in [3.8, 4) is 0 Å². The van der Waals surface area contributed by atoms with Gasteiger partial charge in [-0.2, -0.15) is 0 Å². The summed E-state index contributed by atoms with van der Waals surface area (Å²) < 4.78 is 24.7. The second-order valence-electron chi connectivity index (χ2n) is 6.01. The van der Waals surface area contributed by atoms with Gasteiger partial charge < -0.3 is 4.90 Å². The number of para-hydroxylation sites is 1. The molecule has 0 unspecified atom stereocenters. The van der Waals surface area contributed by atoms with Crippen LogP contribution < -0.4 is 9.62 Å². The molecular formula is C19H19N3O3S2. The summed E-state index contributed by atoms with van der Waals surface area (Å²) in [5, 5.41) is 0.626. The van der Waals surface area contributed by atoms with Gasteiger partial charge in [0.1, 0.15) is 5.69 Å². The molecule has 0 bridgehead atoms. The largest absolute Gasteiger partial charge is 0.313 e. The molecule has 1 aromatic heterocycles. The normalized spacial score (nSPS) is 11.2. The Morgan fingerprint density at radius 2 is 1.67 bits per heavy atom. The van der Waals surface area contributed by atoms with Crippen LogP contribution in [-0.2, 0) is 16.6 Å². The summed E-state index contributed by atoms with van der Waals surface area (Å²) in [4.78, 5) is 19.3. The molecule has 3 rings (SSSR count). The summed E-state index contributed by atoms with van der Waals surface area (Å²) >= 11 is 1.35. The maximum absolute atomic E-state index is 12.2. The molecule has 0 fully saturated rings. The summed E-state index contributed by atoms with van der Waals surface area (Å²) in [5.74, 6) is -0.717. The Balaban J connectivity index is 1.98. The highest BCUT2D eigenvalue weighted by Crippen LogP contribution is 2.33. The van der Waals surface area contributed by atoms with Gasteiger partial charge in [0.2, 0.25) is 10.0 Å². The number of anilines is 2. The summed E-state index contributed by atoms with van der Waals surface area (Å²) in [6.45, 7) is 2.33. The number of benzene rings is 2. The van der Waals surface area contributed by atoms with Crippen LogP contribution in [0.25, 0.3) is 0 Å². The van der Waals surface area contributed by atoms with Crippen LogP contribution in [-0.4, -0.2) is 25.6 Å². The fourth-order valence-electron chi connectivity index (χ4n) is 2.57. The van der Waals surface area contributed by atoms with Crippen LogP contribution in [0, 0.1) is 6.92 Å². The molecule has 1 amide bonds. The van der Waals surface area contributed by atoms with Crippen LogP contribution >= 0.6 is 11.3 Å². The molecule has 2 aromatic carbocycles. The molecule has 27 heavy (non-hydrogen) atoms. The highest BCUT2D eigenvalue weighted by atomic mass is 32.2. The fraction of sp³-hybridized carbons (Fsp3) is 0.158. The van der Waals surface area contributed by atoms with Gasteiger partial charge in [-0.25, -0.2) is 18.1 Å². The van der Waals surface area contributed by atoms with Crippen molar-refractivity contribution in [1.29, 1.82) is 0 Å². The summed E-state index contributed by atoms with van der Waals surface area (Å²) in [6.07, 6.45) is 0.944. The number of amides is 1. The van der Waals surface area contributed by atoms with Gasteiger partial charge in [-0.05, 0) is 24.6 Å². The average molecular weight is 402 g/mol. The Labute approximate surface area is 162 Å². The molecule has 1 N–H and O–H groups in total. The first-order chi connectivity index (χ1) is 12.8. The molecule has 0 radical (unpaired) electrons. The van der Waals surface area contributed by atoms with Gasteiger partial charge in [-0.15, -0.1) is 11.3 Å². The van der Waals surface area contributed by atoms with Crippen LogP contribution in [0.3, 0.4) is 0 Å². The number of aryl methyl sites for hydroxylation is 1. The monoisotopic (exact) mass is 401 g/mol. The second kappa shape index (κ2) is 7.89. The number of nitrogens with one attached hydrogen (secondary N) is 1. The van der Waals surface area contributed by atoms with E-state index < -0.39 is 15.9 Å². The zero-order chi connectivity index (χ0) is 19.4. The number of hydrogen-bond donors (Lipinski definition) is 1. The molecule has 6 nitrogen and oxygen atoms in total. The number of carbonyl (C=O) groups is 1. The number of carbonyl (C=O) groups excluding carboxylic acids is 1. The molecule has 0 atom stereocenters. The van der Waals surface area contributed by atoms with Gasteiger partial charge in [-0.1, -0.05) is 48.5 Å². The lowest BCUT2D eigenvalue weighted by molar-refractivity contribution is 0.0977.